The number of benzene rings is 1. The maximum atomic E-state index is 10.2. The first kappa shape index (κ1) is 20.9. The molecule has 2 unspecified atom stereocenters. The van der Waals surface area contributed by atoms with Crippen LogP contribution in [0.4, 0.5) is 0 Å². The summed E-state index contributed by atoms with van der Waals surface area (Å²) >= 11 is 8.71. The molecule has 2 aromatic rings. The van der Waals surface area contributed by atoms with Crippen molar-refractivity contribution in [2.75, 3.05) is 0 Å². The van der Waals surface area contributed by atoms with E-state index in [1.807, 2.05) is 11.8 Å². The van der Waals surface area contributed by atoms with E-state index in [1.54, 1.807) is 0 Å². The van der Waals surface area contributed by atoms with Crippen molar-refractivity contribution in [2.24, 2.45) is 5.92 Å². The topological polar surface area (TPSA) is 36.0 Å². The lowest BCUT2D eigenvalue weighted by molar-refractivity contribution is 0.180. The Hall–Kier alpha value is -1.94. The standard InChI is InChI=1S/C27H28ClNOS/c1-2-24-27(28)26-23(19-10-11-20(30)14-19)16-22(12-13-25(26)29-24)31-21-9-5-8-17-6-3-4-7-18(17)15-21/h3-4,6-9,13,15-16,19-20,29-30H,2,5,10-12,14H2,1H3. The van der Waals surface area contributed by atoms with E-state index in [9.17, 15) is 5.11 Å². The Morgan fingerprint density at radius 1 is 1.10 bits per heavy atom. The van der Waals surface area contributed by atoms with Crippen molar-refractivity contribution in [1.82, 2.24) is 4.98 Å². The number of thioether (sulfide) groups is 1. The molecule has 2 atom stereocenters. The quantitative estimate of drug-likeness (QED) is 0.742. The fraction of sp³-hybridized carbons (Fsp3) is 0.333. The van der Waals surface area contributed by atoms with Crippen LogP contribution in [0.3, 0.4) is 0 Å². The van der Waals surface area contributed by atoms with Gasteiger partial charge in [0, 0.05) is 21.2 Å². The van der Waals surface area contributed by atoms with Crippen molar-refractivity contribution in [3.8, 4) is 0 Å². The van der Waals surface area contributed by atoms with Gasteiger partial charge >= 0.3 is 0 Å². The fourth-order valence-corrected chi connectivity index (χ4v) is 6.35. The van der Waals surface area contributed by atoms with Crippen LogP contribution in [0.5, 0.6) is 0 Å². The summed E-state index contributed by atoms with van der Waals surface area (Å²) < 4.78 is 0. The molecule has 2 nitrogen and oxygen atoms in total. The minimum atomic E-state index is -0.203. The van der Waals surface area contributed by atoms with Crippen molar-refractivity contribution in [3.63, 3.8) is 0 Å². The number of aromatic amines is 1. The minimum Gasteiger partial charge on any atom is -0.393 e. The Balaban J connectivity index is 1.57. The van der Waals surface area contributed by atoms with Gasteiger partial charge in [0.05, 0.1) is 11.1 Å². The number of aryl methyl sites for hydroxylation is 1. The van der Waals surface area contributed by atoms with Gasteiger partial charge in [0.25, 0.3) is 0 Å². The zero-order valence-electron chi connectivity index (χ0n) is 17.8. The molecule has 1 aromatic heterocycles. The number of allylic oxidation sites excluding steroid dienone is 4. The molecule has 2 N–H and O–H groups in total. The van der Waals surface area contributed by atoms with E-state index in [2.05, 4.69) is 66.6 Å². The Labute approximate surface area is 192 Å². The molecule has 0 spiro atoms. The number of halogens is 1. The Morgan fingerprint density at radius 3 is 2.71 bits per heavy atom. The van der Waals surface area contributed by atoms with Crippen LogP contribution in [0.25, 0.3) is 23.8 Å². The van der Waals surface area contributed by atoms with Crippen molar-refractivity contribution in [3.05, 3.63) is 77.9 Å². The van der Waals surface area contributed by atoms with Crippen LogP contribution in [0.2, 0.25) is 5.02 Å². The van der Waals surface area contributed by atoms with E-state index in [0.29, 0.717) is 5.92 Å². The highest BCUT2D eigenvalue weighted by Crippen LogP contribution is 2.38. The third-order valence-electron chi connectivity index (χ3n) is 6.55. The maximum Gasteiger partial charge on any atom is 0.0694 e. The molecule has 0 radical (unpaired) electrons. The van der Waals surface area contributed by atoms with Crippen LogP contribution in [0, 0.1) is 5.92 Å². The first-order valence-corrected chi connectivity index (χ1v) is 12.5. The zero-order chi connectivity index (χ0) is 21.4. The number of H-pyrrole nitrogens is 1. The Morgan fingerprint density at radius 2 is 1.94 bits per heavy atom. The van der Waals surface area contributed by atoms with E-state index < -0.39 is 0 Å². The van der Waals surface area contributed by atoms with Crippen LogP contribution in [-0.2, 0) is 6.42 Å². The number of aliphatic hydroxyl groups is 1. The van der Waals surface area contributed by atoms with E-state index >= 15 is 0 Å². The van der Waals surface area contributed by atoms with Gasteiger partial charge in [-0.15, -0.1) is 0 Å². The van der Waals surface area contributed by atoms with Crippen molar-refractivity contribution >= 4 is 47.2 Å². The number of aliphatic hydroxyl groups excluding tert-OH is 1. The second-order valence-electron chi connectivity index (χ2n) is 8.62. The predicted octanol–water partition coefficient (Wildman–Crippen LogP) is 3.89. The monoisotopic (exact) mass is 449 g/mol. The lowest BCUT2D eigenvalue weighted by atomic mass is 9.95. The van der Waals surface area contributed by atoms with Gasteiger partial charge in [0.15, 0.2) is 0 Å². The summed E-state index contributed by atoms with van der Waals surface area (Å²) in [4.78, 5) is 6.18. The summed E-state index contributed by atoms with van der Waals surface area (Å²) in [6.45, 7) is 2.14. The van der Waals surface area contributed by atoms with Crippen LogP contribution >= 0.6 is 23.4 Å². The van der Waals surface area contributed by atoms with Crippen molar-refractivity contribution < 1.29 is 5.11 Å². The first-order valence-electron chi connectivity index (χ1n) is 11.3. The molecule has 3 aliphatic carbocycles. The number of fused-ring (bicyclic) bond motifs is 2. The van der Waals surface area contributed by atoms with Gasteiger partial charge in [-0.05, 0) is 77.5 Å². The second-order valence-corrected chi connectivity index (χ2v) is 10.2. The summed E-state index contributed by atoms with van der Waals surface area (Å²) in [5, 5.41) is 16.0. The summed E-state index contributed by atoms with van der Waals surface area (Å²) in [5.74, 6) is 0.356. The summed E-state index contributed by atoms with van der Waals surface area (Å²) in [6, 6.07) is 8.58. The molecule has 1 fully saturated rings. The van der Waals surface area contributed by atoms with Gasteiger partial charge in [-0.25, -0.2) is 0 Å². The number of aromatic nitrogens is 1. The van der Waals surface area contributed by atoms with Crippen LogP contribution < -0.4 is 21.0 Å². The summed E-state index contributed by atoms with van der Waals surface area (Å²) in [5.41, 5.74) is 2.40. The first-order chi connectivity index (χ1) is 15.1. The van der Waals surface area contributed by atoms with Gasteiger partial charge in [-0.2, -0.15) is 0 Å². The molecule has 0 saturated heterocycles. The molecule has 1 heterocycles. The minimum absolute atomic E-state index is 0.203. The van der Waals surface area contributed by atoms with Gasteiger partial charge in [0.1, 0.15) is 0 Å². The molecule has 1 aromatic carbocycles. The molecule has 3 aliphatic rings. The highest BCUT2D eigenvalue weighted by Gasteiger charge is 2.27. The van der Waals surface area contributed by atoms with E-state index in [1.165, 1.54) is 25.8 Å². The highest BCUT2D eigenvalue weighted by molar-refractivity contribution is 8.07. The lowest BCUT2D eigenvalue weighted by Crippen LogP contribution is -2.27. The molecule has 5 rings (SSSR count). The maximum absolute atomic E-state index is 10.2. The average molecular weight is 450 g/mol. The molecule has 4 heteroatoms. The average Bonchev–Trinajstić information content (AvgIpc) is 3.19. The number of hydrogen-bond donors (Lipinski definition) is 2. The summed E-state index contributed by atoms with van der Waals surface area (Å²) in [7, 11) is 0. The van der Waals surface area contributed by atoms with E-state index in [0.717, 1.165) is 59.8 Å². The van der Waals surface area contributed by atoms with Crippen molar-refractivity contribution in [1.29, 1.82) is 0 Å². The number of rotatable bonds is 4. The molecule has 0 amide bonds. The zero-order valence-corrected chi connectivity index (χ0v) is 19.4. The van der Waals surface area contributed by atoms with Crippen LogP contribution in [-0.4, -0.2) is 16.2 Å². The third-order valence-corrected chi connectivity index (χ3v) is 8.03. The molecule has 0 aliphatic heterocycles. The fourth-order valence-electron chi connectivity index (χ4n) is 4.93. The van der Waals surface area contributed by atoms with E-state index in [4.69, 9.17) is 11.6 Å². The Bertz CT molecular complexity index is 1310. The summed E-state index contributed by atoms with van der Waals surface area (Å²) in [6.07, 6.45) is 16.8. The number of hydrogen-bond acceptors (Lipinski definition) is 2. The third kappa shape index (κ3) is 4.24. The van der Waals surface area contributed by atoms with Gasteiger partial charge in [0.2, 0.25) is 0 Å². The van der Waals surface area contributed by atoms with Crippen molar-refractivity contribution in [2.45, 2.75) is 51.6 Å². The number of nitrogens with one attached hydrogen (secondary N) is 1. The molecular weight excluding hydrogens is 422 g/mol. The Kier molecular flexibility index (Phi) is 6.01. The lowest BCUT2D eigenvalue weighted by Gasteiger charge is -2.13. The normalized spacial score (nSPS) is 22.7. The largest absolute Gasteiger partial charge is 0.393 e. The smallest absolute Gasteiger partial charge is 0.0694 e. The molecule has 31 heavy (non-hydrogen) atoms. The SMILES string of the molecule is CCc1[nH]c2c(c1Cl)=C(C1CCC(O)C1)C=C(SC1=CCC=c3ccccc3=C1)CC=2. The molecule has 1 saturated carbocycles. The highest BCUT2D eigenvalue weighted by atomic mass is 35.5. The predicted molar refractivity (Wildman–Crippen MR) is 133 cm³/mol. The molecular formula is C27H28ClNOS. The molecule has 160 valence electrons. The van der Waals surface area contributed by atoms with Crippen LogP contribution in [0.15, 0.2) is 46.2 Å². The van der Waals surface area contributed by atoms with Crippen LogP contribution in [0.1, 0.15) is 44.7 Å². The van der Waals surface area contributed by atoms with E-state index in [-0.39, 0.29) is 6.10 Å². The van der Waals surface area contributed by atoms with Gasteiger partial charge in [-0.3, -0.25) is 0 Å². The van der Waals surface area contributed by atoms with Gasteiger partial charge < -0.3 is 10.1 Å². The second kappa shape index (κ2) is 8.90. The van der Waals surface area contributed by atoms with Gasteiger partial charge in [-0.1, -0.05) is 72.8 Å². The molecule has 0 bridgehead atoms.